The van der Waals surface area contributed by atoms with Gasteiger partial charge in [0.15, 0.2) is 0 Å². The molecule has 0 fully saturated rings. The first-order valence-electron chi connectivity index (χ1n) is 4.07. The predicted molar refractivity (Wildman–Crippen MR) is 56.6 cm³/mol. The zero-order chi connectivity index (χ0) is 10.4. The van der Waals surface area contributed by atoms with Crippen LogP contribution in [0.5, 0.6) is 5.88 Å². The van der Waals surface area contributed by atoms with E-state index in [0.717, 1.165) is 4.47 Å². The maximum atomic E-state index is 5.02. The molecule has 0 bridgehead atoms. The number of hydrogen-bond acceptors (Lipinski definition) is 5. The lowest BCUT2D eigenvalue weighted by molar-refractivity contribution is 0.210. The Morgan fingerprint density at radius 2 is 2.29 bits per heavy atom. The summed E-state index contributed by atoms with van der Waals surface area (Å²) >= 11 is 3.27. The van der Waals surface area contributed by atoms with Crippen molar-refractivity contribution >= 4 is 21.9 Å². The van der Waals surface area contributed by atoms with Gasteiger partial charge in [0.2, 0.25) is 11.8 Å². The molecule has 14 heavy (non-hydrogen) atoms. The van der Waals surface area contributed by atoms with Crippen LogP contribution in [0.15, 0.2) is 10.7 Å². The normalized spacial score (nSPS) is 9.93. The summed E-state index contributed by atoms with van der Waals surface area (Å²) < 4.78 is 10.6. The van der Waals surface area contributed by atoms with Crippen LogP contribution in [0.25, 0.3) is 0 Å². The molecule has 1 heterocycles. The molecule has 0 unspecified atom stereocenters. The first kappa shape index (κ1) is 11.2. The smallest absolute Gasteiger partial charge is 0.232 e. The van der Waals surface area contributed by atoms with Gasteiger partial charge in [0.25, 0.3) is 0 Å². The van der Waals surface area contributed by atoms with Crippen LogP contribution in [0, 0.1) is 0 Å². The first-order chi connectivity index (χ1) is 6.77. The number of nitrogens with one attached hydrogen (secondary N) is 1. The Kier molecular flexibility index (Phi) is 4.61. The van der Waals surface area contributed by atoms with Crippen LogP contribution in [0.4, 0.5) is 5.95 Å². The third-order valence-electron chi connectivity index (χ3n) is 1.49. The zero-order valence-corrected chi connectivity index (χ0v) is 9.67. The summed E-state index contributed by atoms with van der Waals surface area (Å²) in [7, 11) is 3.21. The quantitative estimate of drug-likeness (QED) is 0.811. The van der Waals surface area contributed by atoms with Crippen LogP contribution in [0.3, 0.4) is 0 Å². The lowest BCUT2D eigenvalue weighted by Gasteiger charge is -2.06. The minimum Gasteiger partial charge on any atom is -0.480 e. The van der Waals surface area contributed by atoms with Crippen molar-refractivity contribution in [2.75, 3.05) is 32.7 Å². The van der Waals surface area contributed by atoms with Crippen molar-refractivity contribution in [3.63, 3.8) is 0 Å². The van der Waals surface area contributed by atoms with Gasteiger partial charge in [-0.25, -0.2) is 4.98 Å². The second-order valence-corrected chi connectivity index (χ2v) is 3.32. The molecule has 0 aliphatic rings. The van der Waals surface area contributed by atoms with E-state index in [0.29, 0.717) is 25.0 Å². The van der Waals surface area contributed by atoms with E-state index in [9.17, 15) is 0 Å². The molecule has 78 valence electrons. The van der Waals surface area contributed by atoms with E-state index in [4.69, 9.17) is 9.47 Å². The predicted octanol–water partition coefficient (Wildman–Crippen LogP) is 1.31. The van der Waals surface area contributed by atoms with Gasteiger partial charge < -0.3 is 14.8 Å². The van der Waals surface area contributed by atoms with Crippen LogP contribution in [0.1, 0.15) is 0 Å². The summed E-state index contributed by atoms with van der Waals surface area (Å²) in [4.78, 5) is 8.17. The highest BCUT2D eigenvalue weighted by atomic mass is 79.9. The number of methoxy groups -OCH3 is 2. The second-order valence-electron chi connectivity index (χ2n) is 2.47. The van der Waals surface area contributed by atoms with Gasteiger partial charge in [-0.15, -0.1) is 0 Å². The fourth-order valence-electron chi connectivity index (χ4n) is 0.845. The Morgan fingerprint density at radius 1 is 1.50 bits per heavy atom. The average molecular weight is 262 g/mol. The Hall–Kier alpha value is -0.880. The number of anilines is 1. The number of rotatable bonds is 5. The van der Waals surface area contributed by atoms with Gasteiger partial charge in [0.1, 0.15) is 0 Å². The number of aromatic nitrogens is 2. The van der Waals surface area contributed by atoms with Gasteiger partial charge in [0.05, 0.1) is 24.4 Å². The highest BCUT2D eigenvalue weighted by Crippen LogP contribution is 2.21. The molecule has 0 saturated carbocycles. The molecule has 5 nitrogen and oxygen atoms in total. The zero-order valence-electron chi connectivity index (χ0n) is 8.08. The van der Waals surface area contributed by atoms with Crippen molar-refractivity contribution in [2.24, 2.45) is 0 Å². The standard InChI is InChI=1S/C8H12BrN3O2/c1-13-4-3-10-8-11-5-6(9)7(12-8)14-2/h5H,3-4H2,1-2H3,(H,10,11,12). The summed E-state index contributed by atoms with van der Waals surface area (Å²) in [5.41, 5.74) is 0. The highest BCUT2D eigenvalue weighted by molar-refractivity contribution is 9.10. The Balaban J connectivity index is 2.60. The summed E-state index contributed by atoms with van der Waals surface area (Å²) in [5, 5.41) is 3.00. The molecule has 0 aliphatic heterocycles. The van der Waals surface area contributed by atoms with Crippen LogP contribution in [0.2, 0.25) is 0 Å². The molecule has 0 radical (unpaired) electrons. The first-order valence-corrected chi connectivity index (χ1v) is 4.86. The number of ether oxygens (including phenoxy) is 2. The van der Waals surface area contributed by atoms with Crippen molar-refractivity contribution in [3.05, 3.63) is 10.7 Å². The van der Waals surface area contributed by atoms with Gasteiger partial charge in [-0.2, -0.15) is 4.98 Å². The van der Waals surface area contributed by atoms with Crippen LogP contribution in [-0.4, -0.2) is 37.3 Å². The summed E-state index contributed by atoms with van der Waals surface area (Å²) in [6.07, 6.45) is 1.64. The van der Waals surface area contributed by atoms with Crippen LogP contribution < -0.4 is 10.1 Å². The molecule has 1 aromatic heterocycles. The van der Waals surface area contributed by atoms with Gasteiger partial charge in [-0.1, -0.05) is 0 Å². The Labute approximate surface area is 91.0 Å². The van der Waals surface area contributed by atoms with E-state index in [1.165, 1.54) is 0 Å². The molecule has 0 atom stereocenters. The molecule has 1 aromatic rings. The van der Waals surface area contributed by atoms with Gasteiger partial charge in [-0.05, 0) is 15.9 Å². The van der Waals surface area contributed by atoms with E-state index < -0.39 is 0 Å². The number of nitrogens with zero attached hydrogens (tertiary/aromatic N) is 2. The molecule has 0 amide bonds. The molecule has 0 aromatic carbocycles. The number of halogens is 1. The molecule has 1 rings (SSSR count). The highest BCUT2D eigenvalue weighted by Gasteiger charge is 2.03. The van der Waals surface area contributed by atoms with Crippen molar-refractivity contribution < 1.29 is 9.47 Å². The molecule has 0 spiro atoms. The maximum absolute atomic E-state index is 5.02. The molecule has 6 heteroatoms. The van der Waals surface area contributed by atoms with E-state index in [2.05, 4.69) is 31.2 Å². The Bertz CT molecular complexity index is 296. The lowest BCUT2D eigenvalue weighted by Crippen LogP contribution is -2.10. The minimum absolute atomic E-state index is 0.514. The van der Waals surface area contributed by atoms with Crippen LogP contribution in [-0.2, 0) is 4.74 Å². The van der Waals surface area contributed by atoms with Gasteiger partial charge in [-0.3, -0.25) is 0 Å². The third kappa shape index (κ3) is 3.12. The SMILES string of the molecule is COCCNc1ncc(Br)c(OC)n1. The van der Waals surface area contributed by atoms with Crippen molar-refractivity contribution in [1.29, 1.82) is 0 Å². The summed E-state index contributed by atoms with van der Waals surface area (Å²) in [6.45, 7) is 1.28. The average Bonchev–Trinajstić information content (AvgIpc) is 2.21. The second kappa shape index (κ2) is 5.77. The third-order valence-corrected chi connectivity index (χ3v) is 2.04. The lowest BCUT2D eigenvalue weighted by atomic mass is 10.6. The molecule has 0 aliphatic carbocycles. The van der Waals surface area contributed by atoms with Crippen molar-refractivity contribution in [1.82, 2.24) is 9.97 Å². The molecular weight excluding hydrogens is 250 g/mol. The van der Waals surface area contributed by atoms with Gasteiger partial charge >= 0.3 is 0 Å². The topological polar surface area (TPSA) is 56.3 Å². The number of hydrogen-bond donors (Lipinski definition) is 1. The monoisotopic (exact) mass is 261 g/mol. The molecule has 1 N–H and O–H groups in total. The molecule has 0 saturated heterocycles. The van der Waals surface area contributed by atoms with Gasteiger partial charge in [0, 0.05) is 13.7 Å². The van der Waals surface area contributed by atoms with Crippen molar-refractivity contribution in [2.45, 2.75) is 0 Å². The summed E-state index contributed by atoms with van der Waals surface area (Å²) in [5.74, 6) is 1.04. The van der Waals surface area contributed by atoms with E-state index in [-0.39, 0.29) is 0 Å². The Morgan fingerprint density at radius 3 is 2.93 bits per heavy atom. The van der Waals surface area contributed by atoms with Crippen LogP contribution >= 0.6 is 15.9 Å². The fourth-order valence-corrected chi connectivity index (χ4v) is 1.20. The van der Waals surface area contributed by atoms with E-state index in [1.807, 2.05) is 0 Å². The summed E-state index contributed by atoms with van der Waals surface area (Å²) in [6, 6.07) is 0. The largest absolute Gasteiger partial charge is 0.480 e. The van der Waals surface area contributed by atoms with E-state index >= 15 is 0 Å². The minimum atomic E-state index is 0.514. The van der Waals surface area contributed by atoms with E-state index in [1.54, 1.807) is 20.4 Å². The fraction of sp³-hybridized carbons (Fsp3) is 0.500. The van der Waals surface area contributed by atoms with Crippen molar-refractivity contribution in [3.8, 4) is 5.88 Å². The molecular formula is C8H12BrN3O2. The maximum Gasteiger partial charge on any atom is 0.232 e.